The van der Waals surface area contributed by atoms with Crippen molar-refractivity contribution >= 4 is 17.0 Å². The van der Waals surface area contributed by atoms with Crippen molar-refractivity contribution in [2.75, 3.05) is 5.32 Å². The smallest absolute Gasteiger partial charge is 0.123 e. The van der Waals surface area contributed by atoms with Crippen LogP contribution in [0.2, 0.25) is 0 Å². The first kappa shape index (κ1) is 12.9. The summed E-state index contributed by atoms with van der Waals surface area (Å²) in [6.07, 6.45) is 3.88. The maximum absolute atomic E-state index is 4.35. The molecule has 1 aromatic carbocycles. The van der Waals surface area contributed by atoms with Gasteiger partial charge in [-0.2, -0.15) is 5.10 Å². The van der Waals surface area contributed by atoms with Crippen LogP contribution >= 0.6 is 11.3 Å². The maximum atomic E-state index is 4.35. The molecule has 0 aliphatic heterocycles. The summed E-state index contributed by atoms with van der Waals surface area (Å²) in [7, 11) is 1.94. The van der Waals surface area contributed by atoms with E-state index in [1.54, 1.807) is 11.3 Å². The first-order chi connectivity index (χ1) is 9.72. The summed E-state index contributed by atoms with van der Waals surface area (Å²) in [5.74, 6) is 0. The standard InChI is InChI=1S/C15H16N4S/c1-11-13(10-19(2)18-11)9-17-14-5-3-4-12(8-14)15-16-6-7-20-15/h3-8,10,17H,9H2,1-2H3. The predicted octanol–water partition coefficient (Wildman–Crippen LogP) is 3.46. The molecule has 0 fully saturated rings. The molecule has 5 heteroatoms. The van der Waals surface area contributed by atoms with Gasteiger partial charge >= 0.3 is 0 Å². The maximum Gasteiger partial charge on any atom is 0.123 e. The second-order valence-corrected chi connectivity index (χ2v) is 5.58. The Bertz CT molecular complexity index is 700. The van der Waals surface area contributed by atoms with Crippen LogP contribution in [0.15, 0.2) is 42.0 Å². The molecule has 0 aliphatic carbocycles. The zero-order valence-electron chi connectivity index (χ0n) is 11.5. The van der Waals surface area contributed by atoms with Crippen molar-refractivity contribution in [1.29, 1.82) is 0 Å². The summed E-state index contributed by atoms with van der Waals surface area (Å²) >= 11 is 1.65. The van der Waals surface area contributed by atoms with E-state index in [0.29, 0.717) is 0 Å². The van der Waals surface area contributed by atoms with Gasteiger partial charge in [-0.3, -0.25) is 4.68 Å². The van der Waals surface area contributed by atoms with Crippen molar-refractivity contribution < 1.29 is 0 Å². The van der Waals surface area contributed by atoms with E-state index in [1.165, 1.54) is 5.56 Å². The zero-order valence-corrected chi connectivity index (χ0v) is 12.3. The number of aromatic nitrogens is 3. The molecule has 2 heterocycles. The number of benzene rings is 1. The summed E-state index contributed by atoms with van der Waals surface area (Å²) in [6, 6.07) is 8.34. The first-order valence-corrected chi connectivity index (χ1v) is 7.33. The lowest BCUT2D eigenvalue weighted by Crippen LogP contribution is -1.99. The third-order valence-corrected chi connectivity index (χ3v) is 3.96. The van der Waals surface area contributed by atoms with Gasteiger partial charge in [0.05, 0.1) is 5.69 Å². The molecule has 0 saturated heterocycles. The summed E-state index contributed by atoms with van der Waals surface area (Å²) in [4.78, 5) is 4.34. The van der Waals surface area contributed by atoms with E-state index in [2.05, 4.69) is 39.7 Å². The zero-order chi connectivity index (χ0) is 13.9. The average Bonchev–Trinajstić information content (AvgIpc) is 3.07. The van der Waals surface area contributed by atoms with E-state index in [1.807, 2.05) is 36.4 Å². The van der Waals surface area contributed by atoms with Gasteiger partial charge in [0.2, 0.25) is 0 Å². The Morgan fingerprint density at radius 2 is 2.25 bits per heavy atom. The van der Waals surface area contributed by atoms with E-state index in [0.717, 1.165) is 28.5 Å². The number of thiazole rings is 1. The molecule has 3 rings (SSSR count). The molecule has 102 valence electrons. The van der Waals surface area contributed by atoms with E-state index >= 15 is 0 Å². The third kappa shape index (κ3) is 2.72. The molecule has 0 radical (unpaired) electrons. The number of aryl methyl sites for hydroxylation is 2. The molecule has 0 bridgehead atoms. The minimum Gasteiger partial charge on any atom is -0.381 e. The second-order valence-electron chi connectivity index (χ2n) is 4.69. The van der Waals surface area contributed by atoms with Crippen molar-refractivity contribution in [1.82, 2.24) is 14.8 Å². The number of rotatable bonds is 4. The Labute approximate surface area is 122 Å². The van der Waals surface area contributed by atoms with Gasteiger partial charge in [0, 0.05) is 48.2 Å². The molecule has 3 aromatic rings. The van der Waals surface area contributed by atoms with Crippen LogP contribution in [0.5, 0.6) is 0 Å². The highest BCUT2D eigenvalue weighted by Gasteiger charge is 2.04. The molecule has 0 amide bonds. The third-order valence-electron chi connectivity index (χ3n) is 3.14. The van der Waals surface area contributed by atoms with Crippen molar-refractivity contribution in [2.45, 2.75) is 13.5 Å². The van der Waals surface area contributed by atoms with Gasteiger partial charge in [-0.1, -0.05) is 12.1 Å². The van der Waals surface area contributed by atoms with Crippen LogP contribution in [0, 0.1) is 6.92 Å². The van der Waals surface area contributed by atoms with Gasteiger partial charge in [0.1, 0.15) is 5.01 Å². The first-order valence-electron chi connectivity index (χ1n) is 6.45. The molecule has 0 aliphatic rings. The Morgan fingerprint density at radius 3 is 2.95 bits per heavy atom. The lowest BCUT2D eigenvalue weighted by atomic mass is 10.2. The molecule has 20 heavy (non-hydrogen) atoms. The predicted molar refractivity (Wildman–Crippen MR) is 82.8 cm³/mol. The van der Waals surface area contributed by atoms with Crippen molar-refractivity contribution in [3.63, 3.8) is 0 Å². The summed E-state index contributed by atoms with van der Waals surface area (Å²) in [5.41, 5.74) is 4.53. The Morgan fingerprint density at radius 1 is 1.35 bits per heavy atom. The largest absolute Gasteiger partial charge is 0.381 e. The minimum absolute atomic E-state index is 0.779. The van der Waals surface area contributed by atoms with Gasteiger partial charge in [-0.15, -0.1) is 11.3 Å². The number of nitrogens with zero attached hydrogens (tertiary/aromatic N) is 3. The fourth-order valence-corrected chi connectivity index (χ4v) is 2.78. The topological polar surface area (TPSA) is 42.7 Å². The summed E-state index contributed by atoms with van der Waals surface area (Å²) in [6.45, 7) is 2.81. The average molecular weight is 284 g/mol. The molecular formula is C15H16N4S. The SMILES string of the molecule is Cc1nn(C)cc1CNc1cccc(-c2nccs2)c1. The van der Waals surface area contributed by atoms with Crippen LogP contribution in [0.1, 0.15) is 11.3 Å². The van der Waals surface area contributed by atoms with Crippen LogP contribution in [-0.2, 0) is 13.6 Å². The quantitative estimate of drug-likeness (QED) is 0.797. The normalized spacial score (nSPS) is 10.7. The molecule has 0 saturated carbocycles. The molecule has 0 spiro atoms. The van der Waals surface area contributed by atoms with Crippen molar-refractivity contribution in [3.8, 4) is 10.6 Å². The number of hydrogen-bond acceptors (Lipinski definition) is 4. The van der Waals surface area contributed by atoms with E-state index < -0.39 is 0 Å². The molecule has 0 atom stereocenters. The highest BCUT2D eigenvalue weighted by molar-refractivity contribution is 7.13. The molecule has 2 aromatic heterocycles. The Balaban J connectivity index is 1.75. The van der Waals surface area contributed by atoms with Crippen LogP contribution < -0.4 is 5.32 Å². The van der Waals surface area contributed by atoms with Gasteiger partial charge in [0.15, 0.2) is 0 Å². The van der Waals surface area contributed by atoms with Gasteiger partial charge < -0.3 is 5.32 Å². The molecule has 1 N–H and O–H groups in total. The monoisotopic (exact) mass is 284 g/mol. The van der Waals surface area contributed by atoms with Gasteiger partial charge in [-0.25, -0.2) is 4.98 Å². The van der Waals surface area contributed by atoms with E-state index in [9.17, 15) is 0 Å². The fourth-order valence-electron chi connectivity index (χ4n) is 2.15. The van der Waals surface area contributed by atoms with Crippen LogP contribution in [0.3, 0.4) is 0 Å². The van der Waals surface area contributed by atoms with Crippen LogP contribution in [0.25, 0.3) is 10.6 Å². The molecule has 4 nitrogen and oxygen atoms in total. The van der Waals surface area contributed by atoms with Crippen LogP contribution in [-0.4, -0.2) is 14.8 Å². The lowest BCUT2D eigenvalue weighted by Gasteiger charge is -2.07. The van der Waals surface area contributed by atoms with E-state index in [-0.39, 0.29) is 0 Å². The lowest BCUT2D eigenvalue weighted by molar-refractivity contribution is 0.756. The van der Waals surface area contributed by atoms with Crippen LogP contribution in [0.4, 0.5) is 5.69 Å². The molecular weight excluding hydrogens is 268 g/mol. The summed E-state index contributed by atoms with van der Waals surface area (Å²) in [5, 5.41) is 10.8. The second kappa shape index (κ2) is 5.46. The highest BCUT2D eigenvalue weighted by Crippen LogP contribution is 2.24. The van der Waals surface area contributed by atoms with Gasteiger partial charge in [-0.05, 0) is 19.1 Å². The Kier molecular flexibility index (Phi) is 3.52. The number of nitrogens with one attached hydrogen (secondary N) is 1. The molecule has 0 unspecified atom stereocenters. The number of hydrogen-bond donors (Lipinski definition) is 1. The highest BCUT2D eigenvalue weighted by atomic mass is 32.1. The van der Waals surface area contributed by atoms with Crippen molar-refractivity contribution in [2.24, 2.45) is 7.05 Å². The Hall–Kier alpha value is -2.14. The van der Waals surface area contributed by atoms with E-state index in [4.69, 9.17) is 0 Å². The minimum atomic E-state index is 0.779. The number of anilines is 1. The fraction of sp³-hybridized carbons (Fsp3) is 0.200. The summed E-state index contributed by atoms with van der Waals surface area (Å²) < 4.78 is 1.85. The van der Waals surface area contributed by atoms with Crippen molar-refractivity contribution in [3.05, 3.63) is 53.3 Å². The van der Waals surface area contributed by atoms with Gasteiger partial charge in [0.25, 0.3) is 0 Å².